The van der Waals surface area contributed by atoms with Gasteiger partial charge >= 0.3 is 5.97 Å². The number of esters is 1. The Kier molecular flexibility index (Phi) is 5.45. The molecule has 0 aromatic carbocycles. The summed E-state index contributed by atoms with van der Waals surface area (Å²) in [6.07, 6.45) is 5.47. The fraction of sp³-hybridized carbons (Fsp3) is 0.625. The largest absolute Gasteiger partial charge is 0.451 e. The van der Waals surface area contributed by atoms with Gasteiger partial charge in [0.05, 0.1) is 6.26 Å². The molecule has 138 valence electrons. The number of hydrogen-bond acceptors (Lipinski definition) is 6. The normalized spacial score (nSPS) is 18.7. The molecule has 1 aromatic rings. The average molecular weight is 386 g/mol. The third-order valence-electron chi connectivity index (χ3n) is 4.58. The molecule has 1 fully saturated rings. The summed E-state index contributed by atoms with van der Waals surface area (Å²) in [7, 11) is -3.23. The summed E-state index contributed by atoms with van der Waals surface area (Å²) in [5.41, 5.74) is 1.23. The van der Waals surface area contributed by atoms with E-state index >= 15 is 0 Å². The van der Waals surface area contributed by atoms with Crippen LogP contribution < -0.4 is 0 Å². The summed E-state index contributed by atoms with van der Waals surface area (Å²) in [5, 5.41) is 0. The highest BCUT2D eigenvalue weighted by Crippen LogP contribution is 2.30. The molecule has 9 heteroatoms. The molecular weight excluding hydrogens is 364 g/mol. The Morgan fingerprint density at radius 3 is 2.48 bits per heavy atom. The van der Waals surface area contributed by atoms with Gasteiger partial charge in [0.2, 0.25) is 10.0 Å². The molecule has 0 unspecified atom stereocenters. The summed E-state index contributed by atoms with van der Waals surface area (Å²) in [5.74, 6) is -0.745. The number of hydrogen-bond donors (Lipinski definition) is 0. The number of rotatable bonds is 4. The standard InChI is InChI=1S/C16H22N2O5S2/c1-25(21,22)18-8-6-17(7-9-18)15(19)11-23-16(20)14-10-12-4-2-3-5-13(12)24-14/h10H,2-9,11H2,1H3. The Bertz CT molecular complexity index is 740. The molecule has 7 nitrogen and oxygen atoms in total. The first kappa shape index (κ1) is 18.3. The molecule has 25 heavy (non-hydrogen) atoms. The summed E-state index contributed by atoms with van der Waals surface area (Å²) in [6, 6.07) is 1.89. The van der Waals surface area contributed by atoms with Gasteiger partial charge in [-0.3, -0.25) is 4.79 Å². The smallest absolute Gasteiger partial charge is 0.348 e. The van der Waals surface area contributed by atoms with Crippen molar-refractivity contribution in [3.8, 4) is 0 Å². The van der Waals surface area contributed by atoms with Crippen LogP contribution in [0.25, 0.3) is 0 Å². The van der Waals surface area contributed by atoms with Crippen LogP contribution in [0, 0.1) is 0 Å². The number of amides is 1. The number of thiophene rings is 1. The first-order chi connectivity index (χ1) is 11.8. The fourth-order valence-corrected chi connectivity index (χ4v) is 5.12. The van der Waals surface area contributed by atoms with E-state index in [-0.39, 0.29) is 25.6 Å². The van der Waals surface area contributed by atoms with E-state index in [2.05, 4.69) is 0 Å². The van der Waals surface area contributed by atoms with Gasteiger partial charge in [-0.25, -0.2) is 13.2 Å². The maximum atomic E-state index is 12.2. The van der Waals surface area contributed by atoms with Crippen LogP contribution in [-0.2, 0) is 32.4 Å². The summed E-state index contributed by atoms with van der Waals surface area (Å²) in [6.45, 7) is 0.875. The second-order valence-electron chi connectivity index (χ2n) is 6.39. The molecule has 0 bridgehead atoms. The lowest BCUT2D eigenvalue weighted by atomic mass is 9.99. The molecule has 0 saturated carbocycles. The predicted octanol–water partition coefficient (Wildman–Crippen LogP) is 0.888. The van der Waals surface area contributed by atoms with Crippen molar-refractivity contribution in [1.82, 2.24) is 9.21 Å². The quantitative estimate of drug-likeness (QED) is 0.718. The Balaban J connectivity index is 1.49. The van der Waals surface area contributed by atoms with Gasteiger partial charge in [0, 0.05) is 31.1 Å². The fourth-order valence-electron chi connectivity index (χ4n) is 3.15. The zero-order chi connectivity index (χ0) is 18.0. The number of sulfonamides is 1. The van der Waals surface area contributed by atoms with Gasteiger partial charge in [0.15, 0.2) is 6.61 Å². The summed E-state index contributed by atoms with van der Waals surface area (Å²) < 4.78 is 29.5. The van der Waals surface area contributed by atoms with Crippen LogP contribution in [0.3, 0.4) is 0 Å². The number of ether oxygens (including phenoxy) is 1. The van der Waals surface area contributed by atoms with Gasteiger partial charge in [-0.05, 0) is 37.3 Å². The van der Waals surface area contributed by atoms with E-state index in [1.165, 1.54) is 31.0 Å². The van der Waals surface area contributed by atoms with Crippen molar-refractivity contribution < 1.29 is 22.7 Å². The number of fused-ring (bicyclic) bond motifs is 1. The maximum absolute atomic E-state index is 12.2. The van der Waals surface area contributed by atoms with Crippen LogP contribution in [0.1, 0.15) is 33.0 Å². The van der Waals surface area contributed by atoms with Gasteiger partial charge in [-0.1, -0.05) is 0 Å². The van der Waals surface area contributed by atoms with Crippen molar-refractivity contribution in [2.24, 2.45) is 0 Å². The highest BCUT2D eigenvalue weighted by molar-refractivity contribution is 7.88. The van der Waals surface area contributed by atoms with Crippen LogP contribution >= 0.6 is 11.3 Å². The molecule has 1 aliphatic carbocycles. The third kappa shape index (κ3) is 4.39. The maximum Gasteiger partial charge on any atom is 0.348 e. The van der Waals surface area contributed by atoms with Crippen molar-refractivity contribution in [3.63, 3.8) is 0 Å². The molecule has 1 aliphatic heterocycles. The first-order valence-corrected chi connectivity index (χ1v) is 11.0. The molecule has 2 heterocycles. The van der Waals surface area contributed by atoms with E-state index in [0.29, 0.717) is 18.0 Å². The molecule has 0 spiro atoms. The summed E-state index contributed by atoms with van der Waals surface area (Å²) in [4.78, 5) is 27.7. The van der Waals surface area contributed by atoms with E-state index in [1.807, 2.05) is 6.07 Å². The molecule has 1 aromatic heterocycles. The van der Waals surface area contributed by atoms with Crippen LogP contribution in [0.2, 0.25) is 0 Å². The Morgan fingerprint density at radius 1 is 1.16 bits per heavy atom. The second kappa shape index (κ2) is 7.43. The van der Waals surface area contributed by atoms with Crippen LogP contribution in [0.15, 0.2) is 6.07 Å². The second-order valence-corrected chi connectivity index (χ2v) is 9.50. The lowest BCUT2D eigenvalue weighted by molar-refractivity contribution is -0.135. The van der Waals surface area contributed by atoms with Gasteiger partial charge in [-0.2, -0.15) is 4.31 Å². The van der Waals surface area contributed by atoms with Crippen molar-refractivity contribution in [2.75, 3.05) is 39.0 Å². The Hall–Kier alpha value is -1.45. The molecule has 3 rings (SSSR count). The first-order valence-electron chi connectivity index (χ1n) is 8.36. The number of aryl methyl sites for hydroxylation is 2. The van der Waals surface area contributed by atoms with Crippen LogP contribution in [-0.4, -0.2) is 68.5 Å². The van der Waals surface area contributed by atoms with E-state index in [4.69, 9.17) is 4.74 Å². The van der Waals surface area contributed by atoms with E-state index < -0.39 is 16.0 Å². The number of nitrogens with zero attached hydrogens (tertiary/aromatic N) is 2. The van der Waals surface area contributed by atoms with Crippen molar-refractivity contribution in [2.45, 2.75) is 25.7 Å². The molecule has 2 aliphatic rings. The van der Waals surface area contributed by atoms with Crippen molar-refractivity contribution in [1.29, 1.82) is 0 Å². The Morgan fingerprint density at radius 2 is 1.84 bits per heavy atom. The monoisotopic (exact) mass is 386 g/mol. The minimum atomic E-state index is -3.23. The van der Waals surface area contributed by atoms with E-state index in [1.54, 1.807) is 0 Å². The zero-order valence-electron chi connectivity index (χ0n) is 14.2. The van der Waals surface area contributed by atoms with Crippen LogP contribution in [0.4, 0.5) is 0 Å². The number of piperazine rings is 1. The highest BCUT2D eigenvalue weighted by atomic mass is 32.2. The SMILES string of the molecule is CS(=O)(=O)N1CCN(C(=O)COC(=O)c2cc3c(s2)CCCC3)CC1. The van der Waals surface area contributed by atoms with Crippen molar-refractivity contribution >= 4 is 33.2 Å². The van der Waals surface area contributed by atoms with Gasteiger partial charge in [0.25, 0.3) is 5.91 Å². The average Bonchev–Trinajstić information content (AvgIpc) is 3.03. The molecule has 1 saturated heterocycles. The lowest BCUT2D eigenvalue weighted by Gasteiger charge is -2.33. The lowest BCUT2D eigenvalue weighted by Crippen LogP contribution is -2.51. The van der Waals surface area contributed by atoms with Gasteiger partial charge in [-0.15, -0.1) is 11.3 Å². The number of carbonyl (C=O) groups excluding carboxylic acids is 2. The minimum absolute atomic E-state index is 0.274. The minimum Gasteiger partial charge on any atom is -0.451 e. The van der Waals surface area contributed by atoms with E-state index in [0.717, 1.165) is 31.9 Å². The Labute approximate surface area is 151 Å². The van der Waals surface area contributed by atoms with E-state index in [9.17, 15) is 18.0 Å². The van der Waals surface area contributed by atoms with Crippen molar-refractivity contribution in [3.05, 3.63) is 21.4 Å². The molecular formula is C16H22N2O5S2. The molecule has 1 amide bonds. The highest BCUT2D eigenvalue weighted by Gasteiger charge is 2.27. The van der Waals surface area contributed by atoms with Gasteiger partial charge in [0.1, 0.15) is 4.88 Å². The summed E-state index contributed by atoms with van der Waals surface area (Å²) >= 11 is 1.46. The van der Waals surface area contributed by atoms with Crippen LogP contribution in [0.5, 0.6) is 0 Å². The predicted molar refractivity (Wildman–Crippen MR) is 94.2 cm³/mol. The molecule has 0 radical (unpaired) electrons. The van der Waals surface area contributed by atoms with Gasteiger partial charge < -0.3 is 9.64 Å². The molecule has 0 atom stereocenters. The number of carbonyl (C=O) groups is 2. The third-order valence-corrected chi connectivity index (χ3v) is 7.11. The molecule has 0 N–H and O–H groups in total. The zero-order valence-corrected chi connectivity index (χ0v) is 15.8. The topological polar surface area (TPSA) is 84.0 Å².